The fourth-order valence-corrected chi connectivity index (χ4v) is 3.22. The van der Waals surface area contributed by atoms with Gasteiger partial charge >= 0.3 is 11.4 Å². The van der Waals surface area contributed by atoms with Gasteiger partial charge < -0.3 is 18.9 Å². The average molecular weight is 280 g/mol. The number of methoxy groups -OCH3 is 1. The van der Waals surface area contributed by atoms with Crippen LogP contribution in [0.25, 0.3) is 0 Å². The van der Waals surface area contributed by atoms with Gasteiger partial charge in [0.05, 0.1) is 6.61 Å². The lowest BCUT2D eigenvalue weighted by molar-refractivity contribution is -0.272. The Bertz CT molecular complexity index is 360. The molecule has 3 saturated heterocycles. The van der Waals surface area contributed by atoms with Crippen LogP contribution in [0.2, 0.25) is 0 Å². The van der Waals surface area contributed by atoms with Gasteiger partial charge in [-0.05, 0) is 13.8 Å². The van der Waals surface area contributed by atoms with Crippen LogP contribution in [-0.2, 0) is 38.7 Å². The standard InChI is InChI=1S/C10H16O7S/c1-10(2)15-7-6-5(4-13-18(11)17-6)14-9(12-3)8(7)16-10/h5-9H,4H2,1-3H3/t5-,6-,7+,8?,9+,18?/m1/s1. The molecule has 7 nitrogen and oxygen atoms in total. The van der Waals surface area contributed by atoms with Crippen LogP contribution in [0.1, 0.15) is 13.8 Å². The molecule has 3 heterocycles. The maximum absolute atomic E-state index is 11.3. The van der Waals surface area contributed by atoms with E-state index >= 15 is 0 Å². The lowest BCUT2D eigenvalue weighted by atomic mass is 9.99. The summed E-state index contributed by atoms with van der Waals surface area (Å²) >= 11 is -1.76. The third-order valence-corrected chi connectivity index (χ3v) is 3.89. The van der Waals surface area contributed by atoms with Gasteiger partial charge in [0.25, 0.3) is 0 Å². The van der Waals surface area contributed by atoms with Crippen molar-refractivity contribution in [3.8, 4) is 0 Å². The minimum absolute atomic E-state index is 0.185. The van der Waals surface area contributed by atoms with Crippen LogP contribution in [0.3, 0.4) is 0 Å². The van der Waals surface area contributed by atoms with Gasteiger partial charge in [0.2, 0.25) is 0 Å². The molecular weight excluding hydrogens is 264 g/mol. The smallest absolute Gasteiger partial charge is 0.305 e. The molecule has 8 heteroatoms. The van der Waals surface area contributed by atoms with Crippen molar-refractivity contribution in [3.05, 3.63) is 0 Å². The van der Waals surface area contributed by atoms with Gasteiger partial charge in [0.1, 0.15) is 24.4 Å². The summed E-state index contributed by atoms with van der Waals surface area (Å²) in [5.74, 6) is -0.743. The number of rotatable bonds is 1. The van der Waals surface area contributed by atoms with E-state index < -0.39 is 35.6 Å². The summed E-state index contributed by atoms with van der Waals surface area (Å²) in [5, 5.41) is 0. The van der Waals surface area contributed by atoms with E-state index in [1.165, 1.54) is 0 Å². The van der Waals surface area contributed by atoms with E-state index in [0.29, 0.717) is 0 Å². The lowest BCUT2D eigenvalue weighted by Gasteiger charge is -2.42. The molecule has 0 amide bonds. The summed E-state index contributed by atoms with van der Waals surface area (Å²) in [6, 6.07) is 0. The van der Waals surface area contributed by atoms with Gasteiger partial charge in [-0.15, -0.1) is 0 Å². The minimum atomic E-state index is -1.76. The van der Waals surface area contributed by atoms with Gasteiger partial charge in [-0.1, -0.05) is 0 Å². The second kappa shape index (κ2) is 4.48. The van der Waals surface area contributed by atoms with E-state index in [2.05, 4.69) is 0 Å². The van der Waals surface area contributed by atoms with Crippen molar-refractivity contribution in [1.82, 2.24) is 0 Å². The summed E-state index contributed by atoms with van der Waals surface area (Å²) in [6.07, 6.45) is -2.17. The molecule has 0 spiro atoms. The second-order valence-corrected chi connectivity index (χ2v) is 5.73. The molecule has 0 saturated carbocycles. The molecule has 0 aromatic heterocycles. The highest BCUT2D eigenvalue weighted by Gasteiger charge is 2.57. The molecule has 0 aromatic carbocycles. The fourth-order valence-electron chi connectivity index (χ4n) is 2.50. The maximum Gasteiger partial charge on any atom is 0.305 e. The Labute approximate surface area is 107 Å². The highest BCUT2D eigenvalue weighted by molar-refractivity contribution is 7.75. The first-order valence-corrected chi connectivity index (χ1v) is 6.76. The summed E-state index contributed by atoms with van der Waals surface area (Å²) in [5.41, 5.74) is 0. The molecule has 3 fully saturated rings. The first kappa shape index (κ1) is 12.9. The number of hydrogen-bond donors (Lipinski definition) is 0. The topological polar surface area (TPSA) is 72.5 Å². The van der Waals surface area contributed by atoms with Gasteiger partial charge in [-0.25, -0.2) is 0 Å². The first-order chi connectivity index (χ1) is 8.50. The Morgan fingerprint density at radius 1 is 1.22 bits per heavy atom. The van der Waals surface area contributed by atoms with Gasteiger partial charge in [-0.3, -0.25) is 8.37 Å². The van der Waals surface area contributed by atoms with E-state index in [1.807, 2.05) is 13.8 Å². The zero-order valence-electron chi connectivity index (χ0n) is 10.4. The molecular formula is C10H16O7S. The number of hydrogen-bond acceptors (Lipinski definition) is 7. The molecule has 2 unspecified atom stereocenters. The molecule has 3 rings (SSSR count). The van der Waals surface area contributed by atoms with Crippen molar-refractivity contribution in [2.45, 2.75) is 50.3 Å². The Morgan fingerprint density at radius 2 is 1.94 bits per heavy atom. The highest BCUT2D eigenvalue weighted by Crippen LogP contribution is 2.40. The van der Waals surface area contributed by atoms with Crippen LogP contribution in [0.4, 0.5) is 0 Å². The van der Waals surface area contributed by atoms with Crippen LogP contribution in [-0.4, -0.2) is 54.4 Å². The third kappa shape index (κ3) is 2.11. The fraction of sp³-hybridized carbons (Fsp3) is 1.00. The van der Waals surface area contributed by atoms with Gasteiger partial charge in [0, 0.05) is 7.11 Å². The number of ether oxygens (including phenoxy) is 4. The number of fused-ring (bicyclic) bond motifs is 3. The maximum atomic E-state index is 11.3. The normalized spacial score (nSPS) is 50.6. The molecule has 6 atom stereocenters. The Kier molecular flexibility index (Phi) is 3.22. The molecule has 18 heavy (non-hydrogen) atoms. The van der Waals surface area contributed by atoms with Crippen LogP contribution in [0, 0.1) is 0 Å². The van der Waals surface area contributed by atoms with E-state index in [4.69, 9.17) is 27.3 Å². The second-order valence-electron chi connectivity index (χ2n) is 4.89. The average Bonchev–Trinajstić information content (AvgIpc) is 2.64. The molecule has 0 bridgehead atoms. The molecule has 0 radical (unpaired) electrons. The third-order valence-electron chi connectivity index (χ3n) is 3.18. The van der Waals surface area contributed by atoms with Crippen LogP contribution in [0.5, 0.6) is 0 Å². The summed E-state index contributed by atoms with van der Waals surface area (Å²) in [6.45, 7) is 3.80. The first-order valence-electron chi connectivity index (χ1n) is 5.76. The predicted octanol–water partition coefficient (Wildman–Crippen LogP) is -0.128. The predicted molar refractivity (Wildman–Crippen MR) is 58.5 cm³/mol. The Morgan fingerprint density at radius 3 is 2.67 bits per heavy atom. The summed E-state index contributed by atoms with van der Waals surface area (Å²) in [4.78, 5) is 0. The molecule has 0 aliphatic carbocycles. The van der Waals surface area contributed by atoms with Crippen molar-refractivity contribution >= 4 is 11.4 Å². The van der Waals surface area contributed by atoms with Gasteiger partial charge in [0.15, 0.2) is 12.1 Å². The van der Waals surface area contributed by atoms with Crippen molar-refractivity contribution in [3.63, 3.8) is 0 Å². The molecule has 0 N–H and O–H groups in total. The van der Waals surface area contributed by atoms with E-state index in [0.717, 1.165) is 0 Å². The van der Waals surface area contributed by atoms with Gasteiger partial charge in [-0.2, -0.15) is 4.21 Å². The highest BCUT2D eigenvalue weighted by atomic mass is 32.2. The van der Waals surface area contributed by atoms with Crippen LogP contribution >= 0.6 is 0 Å². The van der Waals surface area contributed by atoms with Crippen molar-refractivity contribution < 1.29 is 31.5 Å². The minimum Gasteiger partial charge on any atom is -0.353 e. The van der Waals surface area contributed by atoms with E-state index in [9.17, 15) is 4.21 Å². The molecule has 0 aromatic rings. The van der Waals surface area contributed by atoms with E-state index in [-0.39, 0.29) is 18.8 Å². The van der Waals surface area contributed by atoms with Crippen molar-refractivity contribution in [2.75, 3.05) is 13.7 Å². The largest absolute Gasteiger partial charge is 0.353 e. The quantitative estimate of drug-likeness (QED) is 0.662. The van der Waals surface area contributed by atoms with Crippen LogP contribution < -0.4 is 0 Å². The Balaban J connectivity index is 1.85. The molecule has 104 valence electrons. The van der Waals surface area contributed by atoms with Crippen LogP contribution in [0.15, 0.2) is 0 Å². The zero-order valence-corrected chi connectivity index (χ0v) is 11.2. The monoisotopic (exact) mass is 280 g/mol. The zero-order chi connectivity index (χ0) is 12.9. The summed E-state index contributed by atoms with van der Waals surface area (Å²) < 4.78 is 44.0. The molecule has 3 aliphatic heterocycles. The SMILES string of the molecule is CO[C@H]1O[C@@H]2COS(=O)O[C@H]2[C@@H]2OC(C)(C)OC12. The lowest BCUT2D eigenvalue weighted by Crippen LogP contribution is -2.60. The van der Waals surface area contributed by atoms with Crippen molar-refractivity contribution in [1.29, 1.82) is 0 Å². The summed E-state index contributed by atoms with van der Waals surface area (Å²) in [7, 11) is 1.54. The van der Waals surface area contributed by atoms with Crippen molar-refractivity contribution in [2.24, 2.45) is 0 Å². The molecule has 3 aliphatic rings. The van der Waals surface area contributed by atoms with E-state index in [1.54, 1.807) is 7.11 Å². The Hall–Kier alpha value is -0.0900.